The van der Waals surface area contributed by atoms with Crippen molar-refractivity contribution in [2.24, 2.45) is 0 Å². The van der Waals surface area contributed by atoms with Crippen molar-refractivity contribution >= 4 is 19.0 Å². The van der Waals surface area contributed by atoms with Gasteiger partial charge in [-0.25, -0.2) is 0 Å². The van der Waals surface area contributed by atoms with E-state index in [0.29, 0.717) is 0 Å². The molecular weight excluding hydrogens is 107 g/mol. The summed E-state index contributed by atoms with van der Waals surface area (Å²) in [5, 5.41) is 0. The van der Waals surface area contributed by atoms with Crippen molar-refractivity contribution in [3.63, 3.8) is 0 Å². The summed E-state index contributed by atoms with van der Waals surface area (Å²) in [6.45, 7) is 0. The van der Waals surface area contributed by atoms with Crippen molar-refractivity contribution in [2.75, 3.05) is 7.11 Å². The van der Waals surface area contributed by atoms with E-state index in [1.165, 1.54) is 7.11 Å². The molecule has 0 spiro atoms. The van der Waals surface area contributed by atoms with Crippen molar-refractivity contribution in [3.05, 3.63) is 0 Å². The largest absolute Gasteiger partial charge is 0.347 e. The Morgan fingerprint density at radius 2 is 2.20 bits per heavy atom. The maximum Gasteiger partial charge on any atom is 0.173 e. The van der Waals surface area contributed by atoms with Crippen LogP contribution in [0.4, 0.5) is 0 Å². The van der Waals surface area contributed by atoms with E-state index in [4.69, 9.17) is 4.89 Å². The highest BCUT2D eigenvalue weighted by molar-refractivity contribution is 8.00. The molecule has 0 aromatic rings. The molecule has 1 N–H and O–H groups in total. The molecule has 2 nitrogen and oxygen atoms in total. The Kier molecular flexibility index (Phi) is 3.11. The van der Waals surface area contributed by atoms with Crippen LogP contribution in [-0.4, -0.2) is 12.0 Å². The molecule has 0 aliphatic rings. The fraction of sp³-hybridized carbons (Fsp3) is 1.00. The van der Waals surface area contributed by atoms with Gasteiger partial charge in [0.1, 0.15) is 0 Å². The van der Waals surface area contributed by atoms with Gasteiger partial charge in [0.05, 0.1) is 0 Å². The molecular formula is CH5O2PS. The summed E-state index contributed by atoms with van der Waals surface area (Å²) in [6.07, 6.45) is 0. The van der Waals surface area contributed by atoms with Crippen LogP contribution in [0.2, 0.25) is 0 Å². The van der Waals surface area contributed by atoms with Gasteiger partial charge in [0.15, 0.2) is 7.15 Å². The van der Waals surface area contributed by atoms with Gasteiger partial charge in [0.2, 0.25) is 0 Å². The summed E-state index contributed by atoms with van der Waals surface area (Å²) in [6, 6.07) is 0. The molecule has 4 heteroatoms. The van der Waals surface area contributed by atoms with Crippen molar-refractivity contribution in [3.8, 4) is 0 Å². The normalized spacial score (nSPS) is 14.8. The van der Waals surface area contributed by atoms with Crippen molar-refractivity contribution in [1.82, 2.24) is 0 Å². The van der Waals surface area contributed by atoms with Crippen LogP contribution in [0.15, 0.2) is 0 Å². The number of hydrogen-bond donors (Lipinski definition) is 1. The van der Waals surface area contributed by atoms with Crippen LogP contribution < -0.4 is 0 Å². The van der Waals surface area contributed by atoms with Gasteiger partial charge >= 0.3 is 0 Å². The Morgan fingerprint density at radius 3 is 2.20 bits per heavy atom. The third-order valence-corrected chi connectivity index (χ3v) is 1.02. The summed E-state index contributed by atoms with van der Waals surface area (Å²) >= 11 is 4.22. The molecule has 1 unspecified atom stereocenters. The quantitative estimate of drug-likeness (QED) is 0.489. The molecule has 0 saturated heterocycles. The minimum absolute atomic E-state index is 1.39. The van der Waals surface area contributed by atoms with E-state index in [9.17, 15) is 0 Å². The lowest BCUT2D eigenvalue weighted by Gasteiger charge is -1.83. The molecule has 0 fully saturated rings. The van der Waals surface area contributed by atoms with Crippen molar-refractivity contribution in [2.45, 2.75) is 0 Å². The van der Waals surface area contributed by atoms with Crippen LogP contribution >= 0.6 is 7.15 Å². The highest BCUT2D eigenvalue weighted by Gasteiger charge is 1.68. The maximum absolute atomic E-state index is 8.06. The molecule has 0 bridgehead atoms. The molecule has 0 heterocycles. The summed E-state index contributed by atoms with van der Waals surface area (Å²) in [7, 11) is -0.400. The number of rotatable bonds is 1. The Bertz CT molecular complexity index is 44.9. The smallest absolute Gasteiger partial charge is 0.173 e. The molecule has 32 valence electrons. The third-order valence-electron chi connectivity index (χ3n) is 0.175. The molecule has 1 atom stereocenters. The van der Waals surface area contributed by atoms with Gasteiger partial charge in [0.25, 0.3) is 0 Å². The van der Waals surface area contributed by atoms with E-state index in [-0.39, 0.29) is 0 Å². The molecule has 0 aromatic carbocycles. The van der Waals surface area contributed by atoms with Gasteiger partial charge in [-0.2, -0.15) is 0 Å². The average Bonchev–Trinajstić information content (AvgIpc) is 1.38. The number of hydrogen-bond acceptors (Lipinski definition) is 2. The van der Waals surface area contributed by atoms with Gasteiger partial charge < -0.3 is 9.42 Å². The fourth-order valence-corrected chi connectivity index (χ4v) is 0. The minimum atomic E-state index is -1.79. The van der Waals surface area contributed by atoms with E-state index >= 15 is 0 Å². The molecule has 0 amide bonds. The summed E-state index contributed by atoms with van der Waals surface area (Å²) in [5.41, 5.74) is 0. The van der Waals surface area contributed by atoms with E-state index in [1.54, 1.807) is 0 Å². The predicted octanol–water partition coefficient (Wildman–Crippen LogP) is 0.131. The van der Waals surface area contributed by atoms with Crippen LogP contribution in [0, 0.1) is 0 Å². The molecule has 0 radical (unpaired) electrons. The third kappa shape index (κ3) is 4.57. The zero-order valence-electron chi connectivity index (χ0n) is 2.76. The molecule has 0 rings (SSSR count). The molecule has 5 heavy (non-hydrogen) atoms. The highest BCUT2D eigenvalue weighted by atomic mass is 32.4. The van der Waals surface area contributed by atoms with Crippen LogP contribution in [-0.2, 0) is 16.3 Å². The highest BCUT2D eigenvalue weighted by Crippen LogP contribution is 2.10. The Balaban J connectivity index is 2.85. The second-order valence-corrected chi connectivity index (χ2v) is 2.46. The first kappa shape index (κ1) is 5.57. The Morgan fingerprint density at radius 1 is 2.00 bits per heavy atom. The van der Waals surface area contributed by atoms with Crippen LogP contribution in [0.1, 0.15) is 0 Å². The van der Waals surface area contributed by atoms with Crippen molar-refractivity contribution < 1.29 is 9.42 Å². The zero-order chi connectivity index (χ0) is 4.28. The standard InChI is InChI=1S/CH5O2PS/c1-3-4(2)5/h4H,1H3,(H,2,5). The lowest BCUT2D eigenvalue weighted by molar-refractivity contribution is 0.410. The first-order valence-corrected chi connectivity index (χ1v) is 3.53. The topological polar surface area (TPSA) is 29.5 Å². The van der Waals surface area contributed by atoms with E-state index < -0.39 is 7.15 Å². The second kappa shape index (κ2) is 2.79. The van der Waals surface area contributed by atoms with Gasteiger partial charge in [-0.1, -0.05) is 0 Å². The van der Waals surface area contributed by atoms with Gasteiger partial charge in [-0.15, -0.1) is 0 Å². The molecule has 0 aliphatic heterocycles. The van der Waals surface area contributed by atoms with E-state index in [1.807, 2.05) is 0 Å². The van der Waals surface area contributed by atoms with Gasteiger partial charge in [-0.05, 0) is 11.8 Å². The Hall–Kier alpha value is 0.570. The first-order chi connectivity index (χ1) is 2.27. The van der Waals surface area contributed by atoms with Crippen LogP contribution in [0.5, 0.6) is 0 Å². The monoisotopic (exact) mass is 112 g/mol. The summed E-state index contributed by atoms with van der Waals surface area (Å²) < 4.78 is 4.22. The maximum atomic E-state index is 8.06. The lowest BCUT2D eigenvalue weighted by atomic mass is 11.8. The fourth-order valence-electron chi connectivity index (χ4n) is 0. The van der Waals surface area contributed by atoms with Crippen LogP contribution in [0.25, 0.3) is 0 Å². The molecule has 0 saturated carbocycles. The molecule has 0 aliphatic carbocycles. The summed E-state index contributed by atoms with van der Waals surface area (Å²) in [4.78, 5) is 8.06. The van der Waals surface area contributed by atoms with E-state index in [0.717, 1.165) is 0 Å². The minimum Gasteiger partial charge on any atom is -0.347 e. The second-order valence-electron chi connectivity index (χ2n) is 0.470. The van der Waals surface area contributed by atoms with E-state index in [2.05, 4.69) is 16.3 Å². The van der Waals surface area contributed by atoms with Crippen molar-refractivity contribution in [1.29, 1.82) is 0 Å². The molecule has 0 aromatic heterocycles. The van der Waals surface area contributed by atoms with Gasteiger partial charge in [-0.3, -0.25) is 0 Å². The average molecular weight is 112 g/mol. The van der Waals surface area contributed by atoms with Gasteiger partial charge in [0, 0.05) is 7.11 Å². The predicted molar refractivity (Wildman–Crippen MR) is 24.9 cm³/mol. The zero-order valence-corrected chi connectivity index (χ0v) is 4.58. The lowest BCUT2D eigenvalue weighted by Crippen LogP contribution is -1.56. The Labute approximate surface area is 36.4 Å². The summed E-state index contributed by atoms with van der Waals surface area (Å²) in [5.74, 6) is 0. The first-order valence-electron chi connectivity index (χ1n) is 1.04. The SMILES string of the molecule is CO[PH](O)=S. The van der Waals surface area contributed by atoms with Crippen LogP contribution in [0.3, 0.4) is 0 Å².